The number of hydrogen-bond acceptors (Lipinski definition) is 3. The highest BCUT2D eigenvalue weighted by atomic mass is 79.9. The number of amides is 1. The minimum Gasteiger partial charge on any atom is -0.378 e. The summed E-state index contributed by atoms with van der Waals surface area (Å²) >= 11 is 2.95. The second-order valence-corrected chi connectivity index (χ2v) is 4.57. The Morgan fingerprint density at radius 2 is 2.12 bits per heavy atom. The standard InChI is InChI=1S/C9H11BrF3NO3/c1-8(6(15)2-10)4-17-3-5(8)14-7(16)9(11,12)13/h5H,2-4H2,1H3,(H,14,16). The molecular formula is C9H11BrF3NO3. The molecule has 0 aromatic rings. The van der Waals surface area contributed by atoms with Crippen LogP contribution in [0.25, 0.3) is 0 Å². The minimum atomic E-state index is -4.96. The topological polar surface area (TPSA) is 55.4 Å². The molecule has 0 aromatic heterocycles. The molecule has 0 saturated carbocycles. The third-order valence-electron chi connectivity index (χ3n) is 2.78. The first-order chi connectivity index (χ1) is 7.71. The normalized spacial score (nSPS) is 29.1. The van der Waals surface area contributed by atoms with Crippen LogP contribution in [0.2, 0.25) is 0 Å². The average Bonchev–Trinajstić information content (AvgIpc) is 2.59. The largest absolute Gasteiger partial charge is 0.471 e. The van der Waals surface area contributed by atoms with E-state index < -0.39 is 23.5 Å². The van der Waals surface area contributed by atoms with Crippen molar-refractivity contribution in [3.05, 3.63) is 0 Å². The molecule has 98 valence electrons. The summed E-state index contributed by atoms with van der Waals surface area (Å²) in [4.78, 5) is 22.4. The van der Waals surface area contributed by atoms with Crippen molar-refractivity contribution in [2.75, 3.05) is 18.5 Å². The molecule has 0 radical (unpaired) electrons. The predicted molar refractivity (Wildman–Crippen MR) is 55.7 cm³/mol. The fraction of sp³-hybridized carbons (Fsp3) is 0.778. The first-order valence-electron chi connectivity index (χ1n) is 4.76. The molecule has 0 bridgehead atoms. The Kier molecular flexibility index (Phi) is 4.19. The lowest BCUT2D eigenvalue weighted by Gasteiger charge is -2.28. The smallest absolute Gasteiger partial charge is 0.378 e. The van der Waals surface area contributed by atoms with Gasteiger partial charge in [0.25, 0.3) is 0 Å². The van der Waals surface area contributed by atoms with Crippen LogP contribution in [0.4, 0.5) is 13.2 Å². The molecule has 2 unspecified atom stereocenters. The quantitative estimate of drug-likeness (QED) is 0.791. The minimum absolute atomic E-state index is 0.000235. The molecule has 17 heavy (non-hydrogen) atoms. The van der Waals surface area contributed by atoms with E-state index in [9.17, 15) is 22.8 Å². The van der Waals surface area contributed by atoms with Crippen molar-refractivity contribution in [1.82, 2.24) is 5.32 Å². The van der Waals surface area contributed by atoms with E-state index in [2.05, 4.69) is 15.9 Å². The summed E-state index contributed by atoms with van der Waals surface area (Å²) < 4.78 is 41.3. The van der Waals surface area contributed by atoms with Gasteiger partial charge >= 0.3 is 12.1 Å². The number of alkyl halides is 4. The van der Waals surface area contributed by atoms with Crippen molar-refractivity contribution in [1.29, 1.82) is 0 Å². The molecule has 1 fully saturated rings. The zero-order chi connectivity index (χ0) is 13.3. The fourth-order valence-corrected chi connectivity index (χ4v) is 2.18. The number of carbonyl (C=O) groups is 2. The van der Waals surface area contributed by atoms with Crippen LogP contribution >= 0.6 is 15.9 Å². The number of nitrogens with one attached hydrogen (secondary N) is 1. The molecule has 2 atom stereocenters. The molecule has 8 heteroatoms. The van der Waals surface area contributed by atoms with E-state index in [4.69, 9.17) is 4.74 Å². The van der Waals surface area contributed by atoms with Gasteiger partial charge in [0.05, 0.1) is 30.0 Å². The maximum absolute atomic E-state index is 12.1. The van der Waals surface area contributed by atoms with Crippen LogP contribution in [0.15, 0.2) is 0 Å². The van der Waals surface area contributed by atoms with Crippen molar-refractivity contribution in [3.63, 3.8) is 0 Å². The summed E-state index contributed by atoms with van der Waals surface area (Å²) in [5.74, 6) is -2.36. The Hall–Kier alpha value is -0.630. The molecule has 1 saturated heterocycles. The van der Waals surface area contributed by atoms with E-state index in [-0.39, 0.29) is 24.3 Å². The first-order valence-corrected chi connectivity index (χ1v) is 5.88. The van der Waals surface area contributed by atoms with Crippen LogP contribution in [0.5, 0.6) is 0 Å². The summed E-state index contributed by atoms with van der Waals surface area (Å²) in [5.41, 5.74) is -1.12. The van der Waals surface area contributed by atoms with Gasteiger partial charge in [0, 0.05) is 0 Å². The van der Waals surface area contributed by atoms with E-state index in [1.54, 1.807) is 5.32 Å². The summed E-state index contributed by atoms with van der Waals surface area (Å²) in [6, 6.07) is -0.957. The number of ketones is 1. The maximum atomic E-state index is 12.1. The van der Waals surface area contributed by atoms with E-state index in [0.717, 1.165) is 0 Å². The third kappa shape index (κ3) is 2.98. The van der Waals surface area contributed by atoms with Gasteiger partial charge in [0.15, 0.2) is 5.78 Å². The van der Waals surface area contributed by atoms with Crippen LogP contribution in [-0.4, -0.2) is 42.5 Å². The number of halogens is 4. The molecule has 4 nitrogen and oxygen atoms in total. The molecule has 1 aliphatic heterocycles. The number of rotatable bonds is 3. The maximum Gasteiger partial charge on any atom is 0.471 e. The molecule has 1 N–H and O–H groups in total. The number of carbonyl (C=O) groups excluding carboxylic acids is 2. The molecule has 1 rings (SSSR count). The van der Waals surface area contributed by atoms with Crippen LogP contribution in [0.3, 0.4) is 0 Å². The van der Waals surface area contributed by atoms with Gasteiger partial charge in [-0.2, -0.15) is 13.2 Å². The third-order valence-corrected chi connectivity index (χ3v) is 3.29. The van der Waals surface area contributed by atoms with Gasteiger partial charge in [0.1, 0.15) is 0 Å². The van der Waals surface area contributed by atoms with Gasteiger partial charge in [-0.15, -0.1) is 0 Å². The highest BCUT2D eigenvalue weighted by Gasteiger charge is 2.49. The van der Waals surface area contributed by atoms with Crippen molar-refractivity contribution >= 4 is 27.6 Å². The zero-order valence-corrected chi connectivity index (χ0v) is 10.5. The van der Waals surface area contributed by atoms with Crippen molar-refractivity contribution in [2.45, 2.75) is 19.1 Å². The SMILES string of the molecule is CC1(C(=O)CBr)COCC1NC(=O)C(F)(F)F. The fourth-order valence-electron chi connectivity index (χ4n) is 1.54. The van der Waals surface area contributed by atoms with Gasteiger partial charge in [-0.3, -0.25) is 9.59 Å². The number of hydrogen-bond donors (Lipinski definition) is 1. The number of ether oxygens (including phenoxy) is 1. The Labute approximate surface area is 104 Å². The molecule has 0 aromatic carbocycles. The summed E-state index contributed by atoms with van der Waals surface area (Å²) in [6.07, 6.45) is -4.96. The second-order valence-electron chi connectivity index (χ2n) is 4.01. The molecule has 1 heterocycles. The highest BCUT2D eigenvalue weighted by molar-refractivity contribution is 9.09. The second kappa shape index (κ2) is 4.93. The van der Waals surface area contributed by atoms with Gasteiger partial charge in [-0.1, -0.05) is 15.9 Å². The lowest BCUT2D eigenvalue weighted by Crippen LogP contribution is -2.53. The van der Waals surface area contributed by atoms with E-state index in [0.29, 0.717) is 0 Å². The van der Waals surface area contributed by atoms with E-state index in [1.807, 2.05) is 0 Å². The predicted octanol–water partition coefficient (Wildman–Crippen LogP) is 1.03. The monoisotopic (exact) mass is 317 g/mol. The van der Waals surface area contributed by atoms with Crippen molar-refractivity contribution in [2.24, 2.45) is 5.41 Å². The molecular weight excluding hydrogens is 307 g/mol. The average molecular weight is 318 g/mol. The molecule has 1 amide bonds. The molecule has 1 aliphatic rings. The van der Waals surface area contributed by atoms with Gasteiger partial charge in [-0.05, 0) is 6.92 Å². The first kappa shape index (κ1) is 14.4. The summed E-state index contributed by atoms with van der Waals surface area (Å²) in [5, 5.41) is 1.80. The summed E-state index contributed by atoms with van der Waals surface area (Å²) in [6.45, 7) is 1.38. The Morgan fingerprint density at radius 3 is 2.59 bits per heavy atom. The van der Waals surface area contributed by atoms with Crippen molar-refractivity contribution < 1.29 is 27.5 Å². The van der Waals surface area contributed by atoms with Gasteiger partial charge < -0.3 is 10.1 Å². The Balaban J connectivity index is 2.77. The van der Waals surface area contributed by atoms with E-state index in [1.165, 1.54) is 6.92 Å². The number of Topliss-reactive ketones (excluding diaryl/α,β-unsaturated/α-hetero) is 1. The lowest BCUT2D eigenvalue weighted by atomic mass is 9.81. The van der Waals surface area contributed by atoms with Crippen molar-refractivity contribution in [3.8, 4) is 0 Å². The molecule has 0 aliphatic carbocycles. The Morgan fingerprint density at radius 1 is 1.53 bits per heavy atom. The van der Waals surface area contributed by atoms with E-state index >= 15 is 0 Å². The summed E-state index contributed by atoms with van der Waals surface area (Å²) in [7, 11) is 0. The van der Waals surface area contributed by atoms with Crippen LogP contribution in [0, 0.1) is 5.41 Å². The van der Waals surface area contributed by atoms with Crippen LogP contribution < -0.4 is 5.32 Å². The lowest BCUT2D eigenvalue weighted by molar-refractivity contribution is -0.175. The Bertz CT molecular complexity index is 334. The highest BCUT2D eigenvalue weighted by Crippen LogP contribution is 2.31. The van der Waals surface area contributed by atoms with Crippen LogP contribution in [-0.2, 0) is 14.3 Å². The zero-order valence-electron chi connectivity index (χ0n) is 8.94. The van der Waals surface area contributed by atoms with Gasteiger partial charge in [0.2, 0.25) is 0 Å². The van der Waals surface area contributed by atoms with Crippen LogP contribution in [0.1, 0.15) is 6.92 Å². The van der Waals surface area contributed by atoms with Gasteiger partial charge in [-0.25, -0.2) is 0 Å². The molecule has 0 spiro atoms.